The Morgan fingerprint density at radius 2 is 1.64 bits per heavy atom. The lowest BCUT2D eigenvalue weighted by atomic mass is 10.1. The number of rotatable bonds is 5. The highest BCUT2D eigenvalue weighted by molar-refractivity contribution is 7.92. The van der Waals surface area contributed by atoms with Gasteiger partial charge in [-0.3, -0.25) is 9.52 Å². The fourth-order valence-electron chi connectivity index (χ4n) is 3.18. The highest BCUT2D eigenvalue weighted by atomic mass is 32.2. The second-order valence-electron chi connectivity index (χ2n) is 6.55. The first-order valence-corrected chi connectivity index (χ1v) is 10.5. The summed E-state index contributed by atoms with van der Waals surface area (Å²) in [5.74, 6) is 0.315. The Labute approximate surface area is 163 Å². The van der Waals surface area contributed by atoms with Gasteiger partial charge in [0.15, 0.2) is 0 Å². The smallest absolute Gasteiger partial charge is 0.263 e. The summed E-state index contributed by atoms with van der Waals surface area (Å²) in [4.78, 5) is 17.8. The molecule has 0 atom stereocenters. The lowest BCUT2D eigenvalue weighted by Gasteiger charge is -2.16. The summed E-state index contributed by atoms with van der Waals surface area (Å²) in [5.41, 5.74) is 2.63. The molecule has 28 heavy (non-hydrogen) atoms. The van der Waals surface area contributed by atoms with E-state index < -0.39 is 10.0 Å². The number of amides is 1. The fourth-order valence-corrected chi connectivity index (χ4v) is 4.19. The molecule has 1 aliphatic rings. The van der Waals surface area contributed by atoms with E-state index in [2.05, 4.69) is 9.71 Å². The first-order chi connectivity index (χ1) is 13.5. The van der Waals surface area contributed by atoms with Crippen molar-refractivity contribution in [3.8, 4) is 11.1 Å². The van der Waals surface area contributed by atoms with Crippen LogP contribution in [0.3, 0.4) is 0 Å². The van der Waals surface area contributed by atoms with Crippen molar-refractivity contribution in [2.45, 2.75) is 17.7 Å². The summed E-state index contributed by atoms with van der Waals surface area (Å²) in [6.07, 6.45) is 2.99. The Hall–Kier alpha value is -3.19. The maximum atomic E-state index is 12.6. The summed E-state index contributed by atoms with van der Waals surface area (Å²) in [6, 6.07) is 19.5. The third-order valence-electron chi connectivity index (χ3n) is 4.64. The van der Waals surface area contributed by atoms with Gasteiger partial charge in [0.2, 0.25) is 5.91 Å². The molecule has 0 radical (unpaired) electrons. The summed E-state index contributed by atoms with van der Waals surface area (Å²) in [7, 11) is -3.76. The van der Waals surface area contributed by atoms with Gasteiger partial charge < -0.3 is 4.90 Å². The minimum atomic E-state index is -3.76. The van der Waals surface area contributed by atoms with Crippen LogP contribution in [-0.2, 0) is 14.8 Å². The zero-order chi connectivity index (χ0) is 19.6. The van der Waals surface area contributed by atoms with E-state index in [0.29, 0.717) is 18.7 Å². The molecule has 2 heterocycles. The zero-order valence-corrected chi connectivity index (χ0v) is 15.9. The third-order valence-corrected chi connectivity index (χ3v) is 6.01. The van der Waals surface area contributed by atoms with E-state index in [1.165, 1.54) is 12.1 Å². The molecular weight excluding hydrogens is 374 g/mol. The predicted octanol–water partition coefficient (Wildman–Crippen LogP) is 3.68. The molecule has 1 aliphatic heterocycles. The van der Waals surface area contributed by atoms with Crippen LogP contribution in [0.2, 0.25) is 0 Å². The van der Waals surface area contributed by atoms with Crippen molar-refractivity contribution >= 4 is 27.4 Å². The molecule has 0 unspecified atom stereocenters. The van der Waals surface area contributed by atoms with Crippen LogP contribution in [-0.4, -0.2) is 25.9 Å². The van der Waals surface area contributed by atoms with Gasteiger partial charge in [-0.2, -0.15) is 0 Å². The van der Waals surface area contributed by atoms with E-state index in [1.807, 2.05) is 36.4 Å². The Kier molecular flexibility index (Phi) is 4.83. The lowest BCUT2D eigenvalue weighted by Crippen LogP contribution is -2.23. The summed E-state index contributed by atoms with van der Waals surface area (Å²) in [5, 5.41) is 0. The van der Waals surface area contributed by atoms with Crippen LogP contribution < -0.4 is 9.62 Å². The molecule has 0 saturated carbocycles. The molecule has 1 N–H and O–H groups in total. The Morgan fingerprint density at radius 3 is 2.25 bits per heavy atom. The Balaban J connectivity index is 1.50. The van der Waals surface area contributed by atoms with Gasteiger partial charge in [-0.05, 0) is 48.4 Å². The van der Waals surface area contributed by atoms with Gasteiger partial charge in [-0.15, -0.1) is 0 Å². The van der Waals surface area contributed by atoms with E-state index in [-0.39, 0.29) is 16.6 Å². The number of benzene rings is 2. The standard InChI is InChI=1S/C21H19N3O3S/c25-21-7-4-14-24(21)18-9-11-19(12-10-18)28(26,27)23-20-13-8-17(15-22-20)16-5-2-1-3-6-16/h1-3,5-6,8-13,15H,4,7,14H2,(H,22,23). The highest BCUT2D eigenvalue weighted by Gasteiger charge is 2.22. The molecule has 0 bridgehead atoms. The van der Waals surface area contributed by atoms with Crippen molar-refractivity contribution < 1.29 is 13.2 Å². The molecule has 1 amide bonds. The number of nitrogens with one attached hydrogen (secondary N) is 1. The maximum absolute atomic E-state index is 12.6. The number of carbonyl (C=O) groups excluding carboxylic acids is 1. The van der Waals surface area contributed by atoms with Crippen LogP contribution >= 0.6 is 0 Å². The molecule has 2 aromatic carbocycles. The SMILES string of the molecule is O=C1CCCN1c1ccc(S(=O)(=O)Nc2ccc(-c3ccccc3)cn2)cc1. The topological polar surface area (TPSA) is 79.4 Å². The number of carbonyl (C=O) groups is 1. The van der Waals surface area contributed by atoms with Gasteiger partial charge in [-0.1, -0.05) is 30.3 Å². The van der Waals surface area contributed by atoms with Crippen LogP contribution in [0.25, 0.3) is 11.1 Å². The first kappa shape index (κ1) is 18.2. The van der Waals surface area contributed by atoms with Gasteiger partial charge in [0.05, 0.1) is 4.90 Å². The molecule has 0 aliphatic carbocycles. The zero-order valence-electron chi connectivity index (χ0n) is 15.1. The van der Waals surface area contributed by atoms with Crippen molar-refractivity contribution in [2.24, 2.45) is 0 Å². The largest absolute Gasteiger partial charge is 0.312 e. The monoisotopic (exact) mass is 393 g/mol. The van der Waals surface area contributed by atoms with Gasteiger partial charge in [0.1, 0.15) is 5.82 Å². The van der Waals surface area contributed by atoms with Gasteiger partial charge in [0, 0.05) is 30.4 Å². The number of sulfonamides is 1. The highest BCUT2D eigenvalue weighted by Crippen LogP contribution is 2.24. The second kappa shape index (κ2) is 7.44. The molecule has 1 saturated heterocycles. The van der Waals surface area contributed by atoms with Gasteiger partial charge >= 0.3 is 0 Å². The molecule has 142 valence electrons. The summed E-state index contributed by atoms with van der Waals surface area (Å²) in [6.45, 7) is 0.668. The number of aromatic nitrogens is 1. The molecule has 1 aromatic heterocycles. The van der Waals surface area contributed by atoms with Crippen LogP contribution in [0.1, 0.15) is 12.8 Å². The van der Waals surface area contributed by atoms with Crippen LogP contribution in [0.5, 0.6) is 0 Å². The van der Waals surface area contributed by atoms with Crippen LogP contribution in [0.15, 0.2) is 77.8 Å². The van der Waals surface area contributed by atoms with Crippen molar-refractivity contribution in [3.05, 3.63) is 72.9 Å². The normalized spacial score (nSPS) is 14.3. The van der Waals surface area contributed by atoms with Crippen molar-refractivity contribution in [1.29, 1.82) is 0 Å². The quantitative estimate of drug-likeness (QED) is 0.717. The van der Waals surface area contributed by atoms with Crippen LogP contribution in [0.4, 0.5) is 11.5 Å². The minimum Gasteiger partial charge on any atom is -0.312 e. The Bertz CT molecular complexity index is 1080. The number of hydrogen-bond acceptors (Lipinski definition) is 4. The lowest BCUT2D eigenvalue weighted by molar-refractivity contribution is -0.117. The molecule has 0 spiro atoms. The number of pyridine rings is 1. The van der Waals surface area contributed by atoms with E-state index in [0.717, 1.165) is 17.5 Å². The number of anilines is 2. The Morgan fingerprint density at radius 1 is 0.893 bits per heavy atom. The van der Waals surface area contributed by atoms with Gasteiger partial charge in [-0.25, -0.2) is 13.4 Å². The fraction of sp³-hybridized carbons (Fsp3) is 0.143. The third kappa shape index (κ3) is 3.75. The molecule has 7 heteroatoms. The number of nitrogens with zero attached hydrogens (tertiary/aromatic N) is 2. The molecular formula is C21H19N3O3S. The summed E-state index contributed by atoms with van der Waals surface area (Å²) >= 11 is 0. The van der Waals surface area contributed by atoms with E-state index in [9.17, 15) is 13.2 Å². The van der Waals surface area contributed by atoms with Crippen molar-refractivity contribution in [2.75, 3.05) is 16.2 Å². The summed E-state index contributed by atoms with van der Waals surface area (Å²) < 4.78 is 27.7. The van der Waals surface area contributed by atoms with Crippen molar-refractivity contribution in [3.63, 3.8) is 0 Å². The first-order valence-electron chi connectivity index (χ1n) is 8.98. The minimum absolute atomic E-state index is 0.0661. The molecule has 6 nitrogen and oxygen atoms in total. The molecule has 4 rings (SSSR count). The van der Waals surface area contributed by atoms with E-state index in [4.69, 9.17) is 0 Å². The van der Waals surface area contributed by atoms with Crippen molar-refractivity contribution in [1.82, 2.24) is 4.98 Å². The second-order valence-corrected chi connectivity index (χ2v) is 8.23. The predicted molar refractivity (Wildman–Crippen MR) is 109 cm³/mol. The molecule has 1 fully saturated rings. The van der Waals surface area contributed by atoms with Crippen LogP contribution in [0, 0.1) is 0 Å². The average molecular weight is 393 g/mol. The van der Waals surface area contributed by atoms with E-state index in [1.54, 1.807) is 29.3 Å². The maximum Gasteiger partial charge on any atom is 0.263 e. The van der Waals surface area contributed by atoms with Gasteiger partial charge in [0.25, 0.3) is 10.0 Å². The molecule has 3 aromatic rings. The van der Waals surface area contributed by atoms with E-state index >= 15 is 0 Å². The average Bonchev–Trinajstić information content (AvgIpc) is 3.15. The number of hydrogen-bond donors (Lipinski definition) is 1.